The van der Waals surface area contributed by atoms with Gasteiger partial charge in [0, 0.05) is 11.6 Å². The number of nitrogens with zero attached hydrogens (tertiary/aromatic N) is 1. The van der Waals surface area contributed by atoms with Crippen LogP contribution in [-0.2, 0) is 4.74 Å². The number of rotatable bonds is 4. The smallest absolute Gasteiger partial charge is 0.343 e. The summed E-state index contributed by atoms with van der Waals surface area (Å²) < 4.78 is 9.69. The third-order valence-electron chi connectivity index (χ3n) is 3.13. The Kier molecular flexibility index (Phi) is 4.70. The number of nitro groups is 1. The van der Waals surface area contributed by atoms with E-state index in [1.807, 2.05) is 0 Å². The largest absolute Gasteiger partial charge is 0.465 e. The number of ether oxygens (including phenoxy) is 2. The van der Waals surface area contributed by atoms with Crippen molar-refractivity contribution in [2.75, 3.05) is 7.11 Å². The summed E-state index contributed by atoms with van der Waals surface area (Å²) in [5.74, 6) is -1.01. The van der Waals surface area contributed by atoms with E-state index in [9.17, 15) is 19.7 Å². The Hall–Kier alpha value is -3.22. The van der Waals surface area contributed by atoms with E-state index in [-0.39, 0.29) is 17.0 Å². The van der Waals surface area contributed by atoms with Crippen LogP contribution in [0.5, 0.6) is 5.75 Å². The zero-order valence-corrected chi connectivity index (χ0v) is 12.4. The van der Waals surface area contributed by atoms with Gasteiger partial charge < -0.3 is 9.47 Å². The average molecular weight is 315 g/mol. The number of methoxy groups -OCH3 is 1. The van der Waals surface area contributed by atoms with Crippen LogP contribution in [0, 0.1) is 17.0 Å². The summed E-state index contributed by atoms with van der Waals surface area (Å²) in [6.45, 7) is 1.58. The maximum absolute atomic E-state index is 12.0. The summed E-state index contributed by atoms with van der Waals surface area (Å²) in [6.07, 6.45) is 0. The van der Waals surface area contributed by atoms with Crippen LogP contribution in [0.1, 0.15) is 26.3 Å². The first-order chi connectivity index (χ1) is 10.9. The van der Waals surface area contributed by atoms with Crippen LogP contribution in [0.3, 0.4) is 0 Å². The van der Waals surface area contributed by atoms with Crippen molar-refractivity contribution in [2.24, 2.45) is 0 Å². The molecule has 0 aromatic heterocycles. The van der Waals surface area contributed by atoms with E-state index in [1.165, 1.54) is 49.6 Å². The second-order valence-electron chi connectivity index (χ2n) is 4.66. The molecule has 2 aromatic rings. The van der Waals surface area contributed by atoms with E-state index in [2.05, 4.69) is 4.74 Å². The van der Waals surface area contributed by atoms with E-state index in [1.54, 1.807) is 6.92 Å². The third-order valence-corrected chi connectivity index (χ3v) is 3.13. The lowest BCUT2D eigenvalue weighted by molar-refractivity contribution is -0.385. The van der Waals surface area contributed by atoms with Crippen molar-refractivity contribution in [3.05, 3.63) is 69.3 Å². The van der Waals surface area contributed by atoms with E-state index >= 15 is 0 Å². The Bertz CT molecular complexity index is 767. The Morgan fingerprint density at radius 2 is 1.61 bits per heavy atom. The summed E-state index contributed by atoms with van der Waals surface area (Å²) in [7, 11) is 1.26. The minimum absolute atomic E-state index is 0.0688. The number of carbonyl (C=O) groups is 2. The van der Waals surface area contributed by atoms with Gasteiger partial charge in [-0.15, -0.1) is 0 Å². The summed E-state index contributed by atoms with van der Waals surface area (Å²) in [4.78, 5) is 33.7. The fraction of sp³-hybridized carbons (Fsp3) is 0.125. The van der Waals surface area contributed by atoms with Crippen LogP contribution in [0.4, 0.5) is 5.69 Å². The molecule has 0 atom stereocenters. The van der Waals surface area contributed by atoms with Crippen LogP contribution in [-0.4, -0.2) is 24.0 Å². The van der Waals surface area contributed by atoms with E-state index in [0.29, 0.717) is 11.1 Å². The Morgan fingerprint density at radius 1 is 1.00 bits per heavy atom. The normalized spacial score (nSPS) is 10.0. The highest BCUT2D eigenvalue weighted by molar-refractivity contribution is 5.92. The van der Waals surface area contributed by atoms with Crippen molar-refractivity contribution >= 4 is 17.6 Å². The van der Waals surface area contributed by atoms with Gasteiger partial charge >= 0.3 is 11.9 Å². The summed E-state index contributed by atoms with van der Waals surface area (Å²) in [6, 6.07) is 9.88. The first-order valence-corrected chi connectivity index (χ1v) is 6.58. The van der Waals surface area contributed by atoms with Crippen molar-refractivity contribution in [1.29, 1.82) is 0 Å². The molecule has 0 radical (unpaired) electrons. The molecule has 0 fully saturated rings. The van der Waals surface area contributed by atoms with Gasteiger partial charge in [0.05, 0.1) is 23.2 Å². The Morgan fingerprint density at radius 3 is 2.17 bits per heavy atom. The van der Waals surface area contributed by atoms with E-state index in [0.717, 1.165) is 0 Å². The molecule has 0 aliphatic rings. The minimum atomic E-state index is -0.723. The SMILES string of the molecule is COC(=O)c1ccc(OC(=O)c2ccc(C)c([N+](=O)[O-])c2)cc1. The van der Waals surface area contributed by atoms with Crippen molar-refractivity contribution in [3.8, 4) is 5.75 Å². The van der Waals surface area contributed by atoms with Gasteiger partial charge in [0.2, 0.25) is 0 Å². The monoisotopic (exact) mass is 315 g/mol. The third kappa shape index (κ3) is 3.70. The van der Waals surface area contributed by atoms with Gasteiger partial charge in [0.15, 0.2) is 0 Å². The van der Waals surface area contributed by atoms with Crippen LogP contribution in [0.15, 0.2) is 42.5 Å². The first-order valence-electron chi connectivity index (χ1n) is 6.58. The highest BCUT2D eigenvalue weighted by Crippen LogP contribution is 2.21. The van der Waals surface area contributed by atoms with Gasteiger partial charge in [-0.25, -0.2) is 9.59 Å². The molecule has 0 aliphatic heterocycles. The molecule has 2 rings (SSSR count). The van der Waals surface area contributed by atoms with E-state index in [4.69, 9.17) is 4.74 Å². The number of esters is 2. The molecule has 0 amide bonds. The van der Waals surface area contributed by atoms with Gasteiger partial charge in [0.25, 0.3) is 5.69 Å². The Balaban J connectivity index is 2.17. The lowest BCUT2D eigenvalue weighted by atomic mass is 10.1. The summed E-state index contributed by atoms with van der Waals surface area (Å²) in [5, 5.41) is 10.9. The number of nitro benzene ring substituents is 1. The van der Waals surface area contributed by atoms with Crippen LogP contribution in [0.25, 0.3) is 0 Å². The maximum atomic E-state index is 12.0. The van der Waals surface area contributed by atoms with Crippen LogP contribution in [0.2, 0.25) is 0 Å². The molecule has 2 aromatic carbocycles. The molecular formula is C16H13NO6. The number of hydrogen-bond acceptors (Lipinski definition) is 6. The highest BCUT2D eigenvalue weighted by atomic mass is 16.6. The summed E-state index contributed by atoms with van der Waals surface area (Å²) >= 11 is 0. The molecule has 7 heteroatoms. The standard InChI is InChI=1S/C16H13NO6/c1-10-3-4-12(9-14(10)17(20)21)16(19)23-13-7-5-11(6-8-13)15(18)22-2/h3-9H,1-2H3. The number of benzene rings is 2. The number of hydrogen-bond donors (Lipinski definition) is 0. The summed E-state index contributed by atoms with van der Waals surface area (Å²) in [5.41, 5.74) is 0.687. The fourth-order valence-electron chi connectivity index (χ4n) is 1.88. The predicted octanol–water partition coefficient (Wildman–Crippen LogP) is 2.91. The molecule has 7 nitrogen and oxygen atoms in total. The van der Waals surface area contributed by atoms with Gasteiger partial charge in [-0.2, -0.15) is 0 Å². The molecular weight excluding hydrogens is 302 g/mol. The first kappa shape index (κ1) is 16.2. The highest BCUT2D eigenvalue weighted by Gasteiger charge is 2.16. The van der Waals surface area contributed by atoms with Gasteiger partial charge in [-0.05, 0) is 37.3 Å². The average Bonchev–Trinajstić information content (AvgIpc) is 2.54. The zero-order chi connectivity index (χ0) is 17.0. The lowest BCUT2D eigenvalue weighted by Crippen LogP contribution is -2.09. The van der Waals surface area contributed by atoms with Crippen molar-refractivity contribution in [1.82, 2.24) is 0 Å². The number of carbonyl (C=O) groups excluding carboxylic acids is 2. The van der Waals surface area contributed by atoms with E-state index < -0.39 is 16.9 Å². The topological polar surface area (TPSA) is 95.7 Å². The maximum Gasteiger partial charge on any atom is 0.343 e. The molecule has 0 saturated heterocycles. The fourth-order valence-corrected chi connectivity index (χ4v) is 1.88. The molecule has 0 bridgehead atoms. The number of aryl methyl sites for hydroxylation is 1. The second kappa shape index (κ2) is 6.69. The van der Waals surface area contributed by atoms with Crippen LogP contribution < -0.4 is 4.74 Å². The molecule has 0 spiro atoms. The van der Waals surface area contributed by atoms with Crippen molar-refractivity contribution in [3.63, 3.8) is 0 Å². The molecule has 0 heterocycles. The predicted molar refractivity (Wildman–Crippen MR) is 80.6 cm³/mol. The van der Waals surface area contributed by atoms with Gasteiger partial charge in [0.1, 0.15) is 5.75 Å². The molecule has 0 saturated carbocycles. The molecule has 0 aliphatic carbocycles. The van der Waals surface area contributed by atoms with Crippen molar-refractivity contribution < 1.29 is 24.0 Å². The van der Waals surface area contributed by atoms with Crippen molar-refractivity contribution in [2.45, 2.75) is 6.92 Å². The molecule has 0 unspecified atom stereocenters. The zero-order valence-electron chi connectivity index (χ0n) is 12.4. The van der Waals surface area contributed by atoms with Gasteiger partial charge in [-0.1, -0.05) is 6.07 Å². The quantitative estimate of drug-likeness (QED) is 0.372. The molecule has 0 N–H and O–H groups in total. The Labute approximate surface area is 131 Å². The minimum Gasteiger partial charge on any atom is -0.465 e. The van der Waals surface area contributed by atoms with Gasteiger partial charge in [-0.3, -0.25) is 10.1 Å². The second-order valence-corrected chi connectivity index (χ2v) is 4.66. The molecule has 118 valence electrons. The lowest BCUT2D eigenvalue weighted by Gasteiger charge is -2.06. The van der Waals surface area contributed by atoms with Crippen LogP contribution >= 0.6 is 0 Å². The molecule has 23 heavy (non-hydrogen) atoms.